The van der Waals surface area contributed by atoms with E-state index in [9.17, 15) is 14.4 Å². The van der Waals surface area contributed by atoms with Gasteiger partial charge in [0.1, 0.15) is 5.71 Å². The largest absolute Gasteiger partial charge is 0.481 e. The van der Waals surface area contributed by atoms with Crippen LogP contribution in [0.2, 0.25) is 0 Å². The summed E-state index contributed by atoms with van der Waals surface area (Å²) in [7, 11) is 1.51. The van der Waals surface area contributed by atoms with Gasteiger partial charge in [-0.25, -0.2) is 5.01 Å². The number of carboxylic acid groups (broad SMARTS) is 1. The quantitative estimate of drug-likeness (QED) is 0.727. The van der Waals surface area contributed by atoms with Gasteiger partial charge in [0.25, 0.3) is 5.91 Å². The molecule has 0 bridgehead atoms. The number of nitrogens with zero attached hydrogens (tertiary/aromatic N) is 2. The van der Waals surface area contributed by atoms with Crippen molar-refractivity contribution in [3.05, 3.63) is 0 Å². The van der Waals surface area contributed by atoms with E-state index in [1.54, 1.807) is 0 Å². The SMILES string of the molecule is CC(C)C[C@H](CNC(=O)C1=NN(C)C(=O)CC1)CC(=O)O. The van der Waals surface area contributed by atoms with Crippen molar-refractivity contribution in [2.24, 2.45) is 16.9 Å². The molecule has 1 atom stereocenters. The minimum Gasteiger partial charge on any atom is -0.481 e. The zero-order valence-corrected chi connectivity index (χ0v) is 12.8. The summed E-state index contributed by atoms with van der Waals surface area (Å²) in [5.41, 5.74) is 0.315. The third-order valence-electron chi connectivity index (χ3n) is 3.29. The Morgan fingerprint density at radius 3 is 2.57 bits per heavy atom. The van der Waals surface area contributed by atoms with E-state index in [0.717, 1.165) is 6.42 Å². The van der Waals surface area contributed by atoms with Crippen LogP contribution in [0.25, 0.3) is 0 Å². The summed E-state index contributed by atoms with van der Waals surface area (Å²) in [6.07, 6.45) is 1.36. The Morgan fingerprint density at radius 1 is 1.38 bits per heavy atom. The molecule has 0 unspecified atom stereocenters. The molecule has 1 aliphatic rings. The van der Waals surface area contributed by atoms with Crippen molar-refractivity contribution in [1.29, 1.82) is 0 Å². The molecule has 0 fully saturated rings. The Kier molecular flexibility index (Phi) is 6.33. The number of hydrazone groups is 1. The van der Waals surface area contributed by atoms with Gasteiger partial charge in [-0.1, -0.05) is 13.8 Å². The lowest BCUT2D eigenvalue weighted by Crippen LogP contribution is -2.39. The monoisotopic (exact) mass is 297 g/mol. The van der Waals surface area contributed by atoms with E-state index >= 15 is 0 Å². The molecule has 118 valence electrons. The van der Waals surface area contributed by atoms with Gasteiger partial charge < -0.3 is 10.4 Å². The van der Waals surface area contributed by atoms with Crippen molar-refractivity contribution in [1.82, 2.24) is 10.3 Å². The lowest BCUT2D eigenvalue weighted by molar-refractivity contribution is -0.138. The number of amides is 2. The minimum atomic E-state index is -0.866. The first kappa shape index (κ1) is 17.1. The molecular formula is C14H23N3O4. The van der Waals surface area contributed by atoms with E-state index in [1.165, 1.54) is 12.1 Å². The molecule has 2 amide bonds. The molecule has 0 saturated carbocycles. The van der Waals surface area contributed by atoms with E-state index in [-0.39, 0.29) is 30.6 Å². The standard InChI is InChI=1S/C14H23N3O4/c1-9(2)6-10(7-13(19)20)8-15-14(21)11-4-5-12(18)17(3)16-11/h9-10H,4-8H2,1-3H3,(H,15,21)(H,19,20)/t10-/m0/s1. The molecule has 2 N–H and O–H groups in total. The second-order valence-electron chi connectivity index (χ2n) is 5.77. The summed E-state index contributed by atoms with van der Waals surface area (Å²) >= 11 is 0. The Hall–Kier alpha value is -1.92. The molecule has 0 aliphatic carbocycles. The van der Waals surface area contributed by atoms with Crippen LogP contribution in [0, 0.1) is 11.8 Å². The number of aliphatic carboxylic acids is 1. The van der Waals surface area contributed by atoms with Crippen LogP contribution in [0.1, 0.15) is 39.5 Å². The number of carboxylic acids is 1. The summed E-state index contributed by atoms with van der Waals surface area (Å²) in [5.74, 6) is -1.05. The highest BCUT2D eigenvalue weighted by Gasteiger charge is 2.23. The summed E-state index contributed by atoms with van der Waals surface area (Å²) in [6.45, 7) is 4.34. The number of nitrogens with one attached hydrogen (secondary N) is 1. The summed E-state index contributed by atoms with van der Waals surface area (Å²) in [5, 5.41) is 16.7. The van der Waals surface area contributed by atoms with Crippen molar-refractivity contribution in [3.8, 4) is 0 Å². The zero-order valence-electron chi connectivity index (χ0n) is 12.8. The average Bonchev–Trinajstić information content (AvgIpc) is 2.37. The second-order valence-corrected chi connectivity index (χ2v) is 5.77. The molecule has 21 heavy (non-hydrogen) atoms. The van der Waals surface area contributed by atoms with E-state index < -0.39 is 5.97 Å². The predicted octanol–water partition coefficient (Wildman–Crippen LogP) is 0.848. The van der Waals surface area contributed by atoms with Crippen molar-refractivity contribution >= 4 is 23.5 Å². The van der Waals surface area contributed by atoms with Crippen LogP contribution in [-0.2, 0) is 14.4 Å². The number of carbonyl (C=O) groups is 3. The first-order valence-electron chi connectivity index (χ1n) is 7.13. The van der Waals surface area contributed by atoms with Crippen molar-refractivity contribution in [2.45, 2.75) is 39.5 Å². The summed E-state index contributed by atoms with van der Waals surface area (Å²) < 4.78 is 0. The van der Waals surface area contributed by atoms with Gasteiger partial charge in [0.05, 0.1) is 0 Å². The molecule has 7 heteroatoms. The number of carbonyl (C=O) groups excluding carboxylic acids is 2. The molecule has 0 aromatic heterocycles. The van der Waals surface area contributed by atoms with Crippen molar-refractivity contribution in [2.75, 3.05) is 13.6 Å². The van der Waals surface area contributed by atoms with Crippen molar-refractivity contribution < 1.29 is 19.5 Å². The maximum atomic E-state index is 12.0. The van der Waals surface area contributed by atoms with Gasteiger partial charge in [-0.2, -0.15) is 5.10 Å². The smallest absolute Gasteiger partial charge is 0.303 e. The third kappa shape index (κ3) is 5.93. The van der Waals surface area contributed by atoms with Gasteiger partial charge in [0.2, 0.25) is 5.91 Å². The van der Waals surface area contributed by atoms with Crippen LogP contribution in [0.3, 0.4) is 0 Å². The lowest BCUT2D eigenvalue weighted by atomic mass is 9.94. The van der Waals surface area contributed by atoms with Crippen LogP contribution in [0.4, 0.5) is 0 Å². The highest BCUT2D eigenvalue weighted by Crippen LogP contribution is 2.15. The fraction of sp³-hybridized carbons (Fsp3) is 0.714. The maximum absolute atomic E-state index is 12.0. The van der Waals surface area contributed by atoms with E-state index in [4.69, 9.17) is 5.11 Å². The van der Waals surface area contributed by atoms with Crippen LogP contribution in [-0.4, -0.2) is 47.2 Å². The van der Waals surface area contributed by atoms with Crippen LogP contribution >= 0.6 is 0 Å². The van der Waals surface area contributed by atoms with Crippen LogP contribution in [0.15, 0.2) is 5.10 Å². The van der Waals surface area contributed by atoms with E-state index in [2.05, 4.69) is 10.4 Å². The molecule has 0 radical (unpaired) electrons. The third-order valence-corrected chi connectivity index (χ3v) is 3.29. The zero-order chi connectivity index (χ0) is 16.0. The molecule has 0 saturated heterocycles. The summed E-state index contributed by atoms with van der Waals surface area (Å²) in [6, 6.07) is 0. The van der Waals surface area contributed by atoms with E-state index in [0.29, 0.717) is 24.6 Å². The molecule has 1 rings (SSSR count). The van der Waals surface area contributed by atoms with Gasteiger partial charge in [-0.05, 0) is 18.3 Å². The predicted molar refractivity (Wildman–Crippen MR) is 77.6 cm³/mol. The molecule has 1 aliphatic heterocycles. The average molecular weight is 297 g/mol. The Labute approximate surface area is 124 Å². The fourth-order valence-electron chi connectivity index (χ4n) is 2.32. The topological polar surface area (TPSA) is 99.1 Å². The first-order chi connectivity index (χ1) is 9.79. The van der Waals surface area contributed by atoms with Crippen LogP contribution in [0.5, 0.6) is 0 Å². The Balaban J connectivity index is 2.54. The minimum absolute atomic E-state index is 0.0311. The molecule has 0 spiro atoms. The molecular weight excluding hydrogens is 274 g/mol. The molecule has 0 aromatic carbocycles. The molecule has 0 aromatic rings. The summed E-state index contributed by atoms with van der Waals surface area (Å²) in [4.78, 5) is 34.1. The second kappa shape index (κ2) is 7.75. The molecule has 1 heterocycles. The van der Waals surface area contributed by atoms with Gasteiger partial charge in [-0.3, -0.25) is 14.4 Å². The van der Waals surface area contributed by atoms with E-state index in [1.807, 2.05) is 13.8 Å². The van der Waals surface area contributed by atoms with Gasteiger partial charge in [0, 0.05) is 32.9 Å². The van der Waals surface area contributed by atoms with Crippen molar-refractivity contribution in [3.63, 3.8) is 0 Å². The lowest BCUT2D eigenvalue weighted by Gasteiger charge is -2.21. The van der Waals surface area contributed by atoms with Gasteiger partial charge in [-0.15, -0.1) is 0 Å². The highest BCUT2D eigenvalue weighted by molar-refractivity contribution is 6.39. The van der Waals surface area contributed by atoms with Gasteiger partial charge >= 0.3 is 5.97 Å². The maximum Gasteiger partial charge on any atom is 0.303 e. The number of hydrogen-bond donors (Lipinski definition) is 2. The molecule has 7 nitrogen and oxygen atoms in total. The Bertz CT molecular complexity index is 446. The fourth-order valence-corrected chi connectivity index (χ4v) is 2.32. The number of rotatable bonds is 7. The Morgan fingerprint density at radius 2 is 2.05 bits per heavy atom. The normalized spacial score (nSPS) is 16.7. The van der Waals surface area contributed by atoms with Gasteiger partial charge in [0.15, 0.2) is 0 Å². The first-order valence-corrected chi connectivity index (χ1v) is 7.13. The van der Waals surface area contributed by atoms with Crippen LogP contribution < -0.4 is 5.32 Å². The highest BCUT2D eigenvalue weighted by atomic mass is 16.4. The number of hydrogen-bond acceptors (Lipinski definition) is 4.